The van der Waals surface area contributed by atoms with Gasteiger partial charge >= 0.3 is 11.9 Å². The number of rotatable bonds is 36. The third-order valence-electron chi connectivity index (χ3n) is 10.0. The van der Waals surface area contributed by atoms with Crippen molar-refractivity contribution in [3.8, 4) is 0 Å². The molecule has 1 saturated heterocycles. The molecule has 13 heteroatoms. The Labute approximate surface area is 338 Å². The average Bonchev–Trinajstić information content (AvgIpc) is 3.16. The van der Waals surface area contributed by atoms with Crippen molar-refractivity contribution in [1.29, 1.82) is 0 Å². The Morgan fingerprint density at radius 2 is 1.07 bits per heavy atom. The molecule has 0 aromatic carbocycles. The monoisotopic (exact) mass is 819 g/mol. The van der Waals surface area contributed by atoms with Crippen LogP contribution in [0.15, 0.2) is 24.3 Å². The molecule has 12 nitrogen and oxygen atoms in total. The van der Waals surface area contributed by atoms with Gasteiger partial charge in [-0.3, -0.25) is 14.1 Å². The van der Waals surface area contributed by atoms with E-state index in [1.807, 2.05) is 0 Å². The Bertz CT molecular complexity index is 1140. The maximum Gasteiger partial charge on any atom is 0.306 e. The Kier molecular flexibility index (Phi) is 31.7. The Morgan fingerprint density at radius 3 is 1.61 bits per heavy atom. The largest absolute Gasteiger partial charge is 0.462 e. The van der Waals surface area contributed by atoms with E-state index < -0.39 is 71.2 Å². The first-order valence-corrected chi connectivity index (χ1v) is 23.5. The van der Waals surface area contributed by atoms with Gasteiger partial charge in [0.15, 0.2) is 12.4 Å². The summed E-state index contributed by atoms with van der Waals surface area (Å²) in [6.07, 6.45) is 26.5. The fraction of sp³-hybridized carbons (Fsp3) is 0.860. The lowest BCUT2D eigenvalue weighted by Gasteiger charge is -2.40. The van der Waals surface area contributed by atoms with Crippen molar-refractivity contribution < 1.29 is 56.8 Å². The number of aliphatic hydroxyl groups excluding tert-OH is 3. The number of carbonyl (C=O) groups excluding carboxylic acids is 2. The van der Waals surface area contributed by atoms with Crippen molar-refractivity contribution in [1.82, 2.24) is 0 Å². The second-order valence-electron chi connectivity index (χ2n) is 15.4. The summed E-state index contributed by atoms with van der Waals surface area (Å²) in [6.45, 7) is 3.72. The highest BCUT2D eigenvalue weighted by molar-refractivity contribution is 7.85. The Morgan fingerprint density at radius 1 is 0.607 bits per heavy atom. The molecule has 328 valence electrons. The fourth-order valence-corrected chi connectivity index (χ4v) is 7.28. The molecule has 6 atom stereocenters. The number of aliphatic hydroxyl groups is 3. The molecule has 0 saturated carbocycles. The Balaban J connectivity index is 2.48. The minimum absolute atomic E-state index is 0.151. The summed E-state index contributed by atoms with van der Waals surface area (Å²) in [5.41, 5.74) is 0. The predicted molar refractivity (Wildman–Crippen MR) is 220 cm³/mol. The highest BCUT2D eigenvalue weighted by Crippen LogP contribution is 2.24. The number of unbranched alkanes of at least 4 members (excludes halogenated alkanes) is 20. The van der Waals surface area contributed by atoms with E-state index in [-0.39, 0.29) is 19.4 Å². The van der Waals surface area contributed by atoms with E-state index in [2.05, 4.69) is 38.2 Å². The zero-order valence-corrected chi connectivity index (χ0v) is 35.6. The molecule has 1 unspecified atom stereocenters. The van der Waals surface area contributed by atoms with Crippen LogP contribution in [0.2, 0.25) is 0 Å². The number of hydrogen-bond acceptors (Lipinski definition) is 11. The summed E-state index contributed by atoms with van der Waals surface area (Å²) < 4.78 is 54.0. The van der Waals surface area contributed by atoms with Crippen LogP contribution in [-0.4, -0.2) is 96.0 Å². The van der Waals surface area contributed by atoms with Crippen LogP contribution in [0.3, 0.4) is 0 Å². The van der Waals surface area contributed by atoms with Crippen LogP contribution < -0.4 is 0 Å². The minimum atomic E-state index is -4.60. The van der Waals surface area contributed by atoms with E-state index in [4.69, 9.17) is 18.9 Å². The summed E-state index contributed by atoms with van der Waals surface area (Å²) >= 11 is 0. The molecule has 1 heterocycles. The summed E-state index contributed by atoms with van der Waals surface area (Å²) in [4.78, 5) is 25.3. The van der Waals surface area contributed by atoms with Crippen molar-refractivity contribution >= 4 is 22.1 Å². The van der Waals surface area contributed by atoms with Crippen LogP contribution in [0.25, 0.3) is 0 Å². The zero-order valence-electron chi connectivity index (χ0n) is 34.7. The molecule has 56 heavy (non-hydrogen) atoms. The van der Waals surface area contributed by atoms with Crippen molar-refractivity contribution in [3.05, 3.63) is 24.3 Å². The van der Waals surface area contributed by atoms with Gasteiger partial charge in [0.05, 0.1) is 6.61 Å². The van der Waals surface area contributed by atoms with Gasteiger partial charge in [-0.1, -0.05) is 147 Å². The van der Waals surface area contributed by atoms with Gasteiger partial charge in [-0.05, 0) is 44.9 Å². The van der Waals surface area contributed by atoms with Crippen molar-refractivity contribution in [2.45, 2.75) is 218 Å². The van der Waals surface area contributed by atoms with Crippen LogP contribution in [0, 0.1) is 0 Å². The van der Waals surface area contributed by atoms with Gasteiger partial charge in [0, 0.05) is 12.8 Å². The lowest BCUT2D eigenvalue weighted by Crippen LogP contribution is -2.60. The molecule has 1 aliphatic heterocycles. The van der Waals surface area contributed by atoms with Crippen LogP contribution in [0.1, 0.15) is 181 Å². The normalized spacial score (nSPS) is 20.9. The summed E-state index contributed by atoms with van der Waals surface area (Å²) in [6, 6.07) is 0. The number of allylic oxidation sites excluding steroid dienone is 4. The molecule has 0 spiro atoms. The van der Waals surface area contributed by atoms with Gasteiger partial charge < -0.3 is 34.3 Å². The van der Waals surface area contributed by atoms with Gasteiger partial charge in [0.1, 0.15) is 36.8 Å². The van der Waals surface area contributed by atoms with E-state index in [0.717, 1.165) is 64.2 Å². The third-order valence-corrected chi connectivity index (χ3v) is 10.8. The summed E-state index contributed by atoms with van der Waals surface area (Å²) in [5, 5.41) is 30.8. The van der Waals surface area contributed by atoms with Gasteiger partial charge in [-0.25, -0.2) is 0 Å². The molecular formula is C43H78O12S. The number of hydrogen-bond donors (Lipinski definition) is 4. The predicted octanol–water partition coefficient (Wildman–Crippen LogP) is 8.45. The van der Waals surface area contributed by atoms with E-state index >= 15 is 0 Å². The van der Waals surface area contributed by atoms with E-state index in [1.54, 1.807) is 0 Å². The first-order valence-electron chi connectivity index (χ1n) is 21.9. The number of ether oxygens (including phenoxy) is 4. The SMILES string of the molecule is CCCCC/C=C\C/C=C\CCCCCCCC(=O)OC(COC(=O)CCCCCCCCCCCCCCC)CO[C@H]1O[C@H](CS(=O)(=O)O)[C@@H](O)[C@H](O)[C@H]1O. The quantitative estimate of drug-likeness (QED) is 0.0205. The first-order chi connectivity index (χ1) is 27.0. The van der Waals surface area contributed by atoms with Crippen LogP contribution in [0.4, 0.5) is 0 Å². The van der Waals surface area contributed by atoms with Crippen molar-refractivity contribution in [2.24, 2.45) is 0 Å². The summed E-state index contributed by atoms with van der Waals surface area (Å²) in [5.74, 6) is -1.99. The summed E-state index contributed by atoms with van der Waals surface area (Å²) in [7, 11) is -4.60. The maximum atomic E-state index is 12.8. The average molecular weight is 819 g/mol. The molecule has 1 aliphatic rings. The highest BCUT2D eigenvalue weighted by atomic mass is 32.2. The molecule has 0 amide bonds. The van der Waals surface area contributed by atoms with E-state index in [1.165, 1.54) is 77.0 Å². The standard InChI is InChI=1S/C43H78O12S/c1-3-5-7-9-11-13-15-17-18-20-22-24-26-28-30-32-39(45)54-36(34-53-43-42(48)41(47)40(46)37(55-43)35-56(49,50)51)33-52-38(44)31-29-27-25-23-21-19-16-14-12-10-8-6-4-2/h11,13,17-18,36-37,40-43,46-48H,3-10,12,14-16,19-35H2,1-2H3,(H,49,50,51)/b13-11-,18-17-/t36?,37-,40-,41+,42-,43+/m1/s1. The van der Waals surface area contributed by atoms with Gasteiger partial charge in [-0.2, -0.15) is 8.42 Å². The first kappa shape index (κ1) is 52.1. The van der Waals surface area contributed by atoms with Crippen LogP contribution in [-0.2, 0) is 38.7 Å². The third kappa shape index (κ3) is 28.5. The van der Waals surface area contributed by atoms with Gasteiger partial charge in [0.25, 0.3) is 10.1 Å². The molecule has 0 aliphatic carbocycles. The van der Waals surface area contributed by atoms with Crippen LogP contribution >= 0.6 is 0 Å². The van der Waals surface area contributed by atoms with Crippen LogP contribution in [0.5, 0.6) is 0 Å². The fourth-order valence-electron chi connectivity index (χ4n) is 6.59. The van der Waals surface area contributed by atoms with Crippen molar-refractivity contribution in [3.63, 3.8) is 0 Å². The lowest BCUT2D eigenvalue weighted by atomic mass is 10.00. The number of esters is 2. The van der Waals surface area contributed by atoms with Gasteiger partial charge in [0.2, 0.25) is 0 Å². The van der Waals surface area contributed by atoms with E-state index in [0.29, 0.717) is 12.8 Å². The topological polar surface area (TPSA) is 186 Å². The smallest absolute Gasteiger partial charge is 0.306 e. The van der Waals surface area contributed by atoms with Gasteiger partial charge in [-0.15, -0.1) is 0 Å². The molecule has 0 aromatic heterocycles. The molecule has 4 N–H and O–H groups in total. The van der Waals surface area contributed by atoms with E-state index in [9.17, 15) is 37.9 Å². The minimum Gasteiger partial charge on any atom is -0.462 e. The molecule has 1 fully saturated rings. The Hall–Kier alpha value is -1.87. The zero-order chi connectivity index (χ0) is 41.3. The highest BCUT2D eigenvalue weighted by Gasteiger charge is 2.46. The molecule has 0 bridgehead atoms. The van der Waals surface area contributed by atoms with Crippen molar-refractivity contribution in [2.75, 3.05) is 19.0 Å². The molecule has 0 aromatic rings. The number of carbonyl (C=O) groups is 2. The molecular weight excluding hydrogens is 741 g/mol. The molecule has 1 rings (SSSR count). The molecule has 0 radical (unpaired) electrons. The maximum absolute atomic E-state index is 12.8. The lowest BCUT2D eigenvalue weighted by molar-refractivity contribution is -0.297. The second-order valence-corrected chi connectivity index (χ2v) is 16.9. The second kappa shape index (κ2) is 34.0.